The predicted molar refractivity (Wildman–Crippen MR) is 92.6 cm³/mol. The van der Waals surface area contributed by atoms with Crippen LogP contribution in [0.3, 0.4) is 0 Å². The van der Waals surface area contributed by atoms with Gasteiger partial charge in [-0.25, -0.2) is 0 Å². The number of azo groups is 1. The summed E-state index contributed by atoms with van der Waals surface area (Å²) < 4.78 is 32.9. The molecule has 3 aromatic rings. The van der Waals surface area contributed by atoms with E-state index < -0.39 is 32.4 Å². The molecule has 0 aliphatic carbocycles. The molecule has 29 heavy (non-hydrogen) atoms. The topological polar surface area (TPSA) is 168 Å². The molecule has 0 radical (unpaired) electrons. The third kappa shape index (κ3) is 5.56. The molecule has 0 aliphatic heterocycles. The van der Waals surface area contributed by atoms with Gasteiger partial charge in [0.1, 0.15) is 4.90 Å². The molecule has 0 fully saturated rings. The van der Waals surface area contributed by atoms with E-state index >= 15 is 0 Å². The number of carbonyl (C=O) groups is 1. The van der Waals surface area contributed by atoms with Crippen LogP contribution in [0.25, 0.3) is 10.8 Å². The Balaban J connectivity index is 0.00000210. The van der Waals surface area contributed by atoms with Crippen molar-refractivity contribution in [3.63, 3.8) is 0 Å². The molecule has 0 spiro atoms. The molecular formula is C17H11N3Na2O6S. The third-order valence-electron chi connectivity index (χ3n) is 3.71. The molecule has 0 unspecified atom stereocenters. The fraction of sp³-hybridized carbons (Fsp3) is 0. The molecule has 3 aromatic carbocycles. The van der Waals surface area contributed by atoms with Gasteiger partial charge in [0.15, 0.2) is 0 Å². The van der Waals surface area contributed by atoms with Gasteiger partial charge in [0, 0.05) is 11.3 Å². The maximum atomic E-state index is 12.6. The molecule has 0 atom stereocenters. The zero-order valence-corrected chi connectivity index (χ0v) is 20.3. The number of rotatable bonds is 4. The standard InChI is InChI=1S/C17H13N3O6S.2Na/c18-10-5-6-11-9(7-10)8-14(27(24,25)26)15(16(11)21)20-19-13-4-2-1-3-12(13)17(22)23;;/h1-8,21H,18H2,(H,22,23)(H,24,25,26);;/q;2*+1/p-2. The van der Waals surface area contributed by atoms with Crippen molar-refractivity contribution in [2.24, 2.45) is 10.2 Å². The molecule has 0 bridgehead atoms. The van der Waals surface area contributed by atoms with Crippen LogP contribution in [0.4, 0.5) is 17.1 Å². The van der Waals surface area contributed by atoms with Crippen molar-refractivity contribution in [1.82, 2.24) is 0 Å². The van der Waals surface area contributed by atoms with Crippen molar-refractivity contribution in [2.45, 2.75) is 4.90 Å². The predicted octanol–water partition coefficient (Wildman–Crippen LogP) is -4.47. The second-order valence-electron chi connectivity index (χ2n) is 5.51. The van der Waals surface area contributed by atoms with Crippen LogP contribution in [0.5, 0.6) is 5.75 Å². The number of nitrogen functional groups attached to an aromatic ring is 1. The van der Waals surface area contributed by atoms with Gasteiger partial charge >= 0.3 is 59.1 Å². The van der Waals surface area contributed by atoms with E-state index in [4.69, 9.17) is 5.73 Å². The van der Waals surface area contributed by atoms with Gasteiger partial charge in [-0.3, -0.25) is 4.55 Å². The summed E-state index contributed by atoms with van der Waals surface area (Å²) >= 11 is 0. The first-order valence-corrected chi connectivity index (χ1v) is 8.85. The number of hydrogen-bond donors (Lipinski definition) is 2. The van der Waals surface area contributed by atoms with Crippen molar-refractivity contribution in [2.75, 3.05) is 5.73 Å². The molecule has 0 aliphatic rings. The fourth-order valence-electron chi connectivity index (χ4n) is 2.49. The smallest absolute Gasteiger partial charge is 0.871 e. The Morgan fingerprint density at radius 3 is 2.31 bits per heavy atom. The van der Waals surface area contributed by atoms with Crippen LogP contribution in [-0.4, -0.2) is 18.9 Å². The van der Waals surface area contributed by atoms with E-state index in [1.165, 1.54) is 42.5 Å². The minimum atomic E-state index is -4.81. The average Bonchev–Trinajstić information content (AvgIpc) is 2.59. The normalized spacial score (nSPS) is 11.1. The molecule has 0 amide bonds. The number of fused-ring (bicyclic) bond motifs is 1. The van der Waals surface area contributed by atoms with Crippen molar-refractivity contribution in [3.8, 4) is 5.75 Å². The first kappa shape index (κ1) is 25.5. The Hall–Kier alpha value is -1.50. The van der Waals surface area contributed by atoms with Crippen molar-refractivity contribution < 1.29 is 87.1 Å². The molecule has 0 heterocycles. The summed E-state index contributed by atoms with van der Waals surface area (Å²) in [5.41, 5.74) is 4.84. The summed E-state index contributed by atoms with van der Waals surface area (Å²) in [6.45, 7) is 0. The van der Waals surface area contributed by atoms with E-state index in [9.17, 15) is 28.0 Å². The molecule has 3 rings (SSSR count). The van der Waals surface area contributed by atoms with Gasteiger partial charge in [-0.15, -0.1) is 10.2 Å². The summed E-state index contributed by atoms with van der Waals surface area (Å²) in [4.78, 5) is 10.3. The maximum absolute atomic E-state index is 12.6. The van der Waals surface area contributed by atoms with E-state index in [0.29, 0.717) is 5.69 Å². The number of carboxylic acid groups (broad SMARTS) is 1. The quantitative estimate of drug-likeness (QED) is 0.182. The number of carbonyl (C=O) groups excluding carboxylic acids is 1. The number of benzene rings is 3. The number of aromatic carboxylic acids is 1. The molecule has 0 saturated carbocycles. The summed E-state index contributed by atoms with van der Waals surface area (Å²) in [5, 5.41) is 31.3. The Labute approximate surface area is 210 Å². The Morgan fingerprint density at radius 1 is 1.03 bits per heavy atom. The number of nitrogens with two attached hydrogens (primary N) is 1. The average molecular weight is 431 g/mol. The van der Waals surface area contributed by atoms with E-state index in [2.05, 4.69) is 10.2 Å². The van der Waals surface area contributed by atoms with Gasteiger partial charge in [-0.1, -0.05) is 30.0 Å². The number of nitrogens with zero attached hydrogens (tertiary/aromatic N) is 2. The monoisotopic (exact) mass is 431 g/mol. The molecule has 3 N–H and O–H groups in total. The molecular weight excluding hydrogens is 420 g/mol. The Kier molecular flexibility index (Phi) is 8.81. The van der Waals surface area contributed by atoms with Crippen LogP contribution in [0, 0.1) is 0 Å². The first-order chi connectivity index (χ1) is 12.7. The fourth-order valence-corrected chi connectivity index (χ4v) is 3.14. The van der Waals surface area contributed by atoms with Gasteiger partial charge < -0.3 is 20.7 Å². The van der Waals surface area contributed by atoms with Crippen molar-refractivity contribution in [3.05, 3.63) is 54.1 Å². The van der Waals surface area contributed by atoms with Crippen LogP contribution in [0.15, 0.2) is 63.7 Å². The summed E-state index contributed by atoms with van der Waals surface area (Å²) in [7, 11) is -4.81. The van der Waals surface area contributed by atoms with Crippen LogP contribution in [0.2, 0.25) is 0 Å². The number of hydrogen-bond acceptors (Lipinski definition) is 8. The summed E-state index contributed by atoms with van der Waals surface area (Å²) in [6.07, 6.45) is 0. The Morgan fingerprint density at radius 2 is 1.69 bits per heavy atom. The van der Waals surface area contributed by atoms with Crippen LogP contribution >= 0.6 is 0 Å². The molecule has 0 aromatic heterocycles. The maximum Gasteiger partial charge on any atom is 1.00 e. The second kappa shape index (κ2) is 10.0. The number of anilines is 1. The largest absolute Gasteiger partial charge is 1.00 e. The summed E-state index contributed by atoms with van der Waals surface area (Å²) in [5.74, 6) is -2.33. The van der Waals surface area contributed by atoms with Crippen LogP contribution in [0.1, 0.15) is 10.4 Å². The zero-order chi connectivity index (χ0) is 19.8. The first-order valence-electron chi connectivity index (χ1n) is 7.41. The molecule has 12 heteroatoms. The van der Waals surface area contributed by atoms with Gasteiger partial charge in [-0.05, 0) is 35.0 Å². The van der Waals surface area contributed by atoms with Gasteiger partial charge in [-0.2, -0.15) is 8.42 Å². The van der Waals surface area contributed by atoms with E-state index in [1.807, 2.05) is 0 Å². The third-order valence-corrected chi connectivity index (χ3v) is 4.58. The SMILES string of the molecule is Nc1ccc2c([O-])c(N=Nc3ccccc3C(=O)[O-])c(S(=O)(=O)O)cc2c1.[Na+].[Na+]. The molecule has 9 nitrogen and oxygen atoms in total. The molecule has 138 valence electrons. The van der Waals surface area contributed by atoms with Gasteiger partial charge in [0.05, 0.1) is 17.3 Å². The van der Waals surface area contributed by atoms with E-state index in [0.717, 1.165) is 6.07 Å². The van der Waals surface area contributed by atoms with Crippen molar-refractivity contribution in [1.29, 1.82) is 0 Å². The minimum absolute atomic E-state index is 0. The zero-order valence-electron chi connectivity index (χ0n) is 15.5. The number of carboxylic acids is 1. The van der Waals surface area contributed by atoms with E-state index in [-0.39, 0.29) is 81.1 Å². The summed E-state index contributed by atoms with van der Waals surface area (Å²) in [6, 6.07) is 10.7. The van der Waals surface area contributed by atoms with Gasteiger partial charge in [0.25, 0.3) is 10.1 Å². The minimum Gasteiger partial charge on any atom is -0.871 e. The van der Waals surface area contributed by atoms with Crippen molar-refractivity contribution >= 4 is 43.9 Å². The van der Waals surface area contributed by atoms with Crippen LogP contribution < -0.4 is 75.1 Å². The van der Waals surface area contributed by atoms with E-state index in [1.54, 1.807) is 0 Å². The van der Waals surface area contributed by atoms with Gasteiger partial charge in [0.2, 0.25) is 0 Å². The molecule has 0 saturated heterocycles. The second-order valence-corrected chi connectivity index (χ2v) is 6.90. The Bertz CT molecular complexity index is 1220. The van der Waals surface area contributed by atoms with Crippen LogP contribution in [-0.2, 0) is 10.1 Å².